The van der Waals surface area contributed by atoms with Crippen molar-refractivity contribution in [3.8, 4) is 5.75 Å². The first-order valence-corrected chi connectivity index (χ1v) is 8.11. The highest BCUT2D eigenvalue weighted by atomic mass is 79.9. The van der Waals surface area contributed by atoms with Crippen molar-refractivity contribution < 1.29 is 4.74 Å². The minimum atomic E-state index is 0.314. The summed E-state index contributed by atoms with van der Waals surface area (Å²) in [5.74, 6) is 0.887. The van der Waals surface area contributed by atoms with Crippen molar-refractivity contribution in [2.45, 2.75) is 13.0 Å². The van der Waals surface area contributed by atoms with Gasteiger partial charge in [0.2, 0.25) is 0 Å². The molecule has 0 heterocycles. The van der Waals surface area contributed by atoms with Gasteiger partial charge >= 0.3 is 0 Å². The molecule has 0 saturated carbocycles. The number of hydrogen-bond acceptors (Lipinski definition) is 2. The lowest BCUT2D eigenvalue weighted by molar-refractivity contribution is 0.307. The largest absolute Gasteiger partial charge is 0.492 e. The van der Waals surface area contributed by atoms with E-state index in [1.165, 1.54) is 5.56 Å². The van der Waals surface area contributed by atoms with Crippen LogP contribution in [0.4, 0.5) is 0 Å². The van der Waals surface area contributed by atoms with E-state index in [-0.39, 0.29) is 0 Å². The molecule has 0 spiro atoms. The Bertz CT molecular complexity index is 542. The van der Waals surface area contributed by atoms with Gasteiger partial charge in [0.05, 0.1) is 0 Å². The highest BCUT2D eigenvalue weighted by molar-refractivity contribution is 9.10. The van der Waals surface area contributed by atoms with Crippen LogP contribution in [0.15, 0.2) is 57.5 Å². The Kier molecular flexibility index (Phi) is 6.07. The van der Waals surface area contributed by atoms with E-state index in [0.717, 1.165) is 21.2 Å². The van der Waals surface area contributed by atoms with Gasteiger partial charge in [-0.15, -0.1) is 0 Å². The first-order valence-electron chi connectivity index (χ1n) is 6.52. The molecule has 2 aromatic rings. The minimum absolute atomic E-state index is 0.314. The molecular formula is C16H17Br2NO. The molecule has 0 fully saturated rings. The maximum Gasteiger partial charge on any atom is 0.120 e. The number of hydrogen-bond donors (Lipinski definition) is 1. The van der Waals surface area contributed by atoms with Crippen LogP contribution in [0.5, 0.6) is 5.75 Å². The molecule has 20 heavy (non-hydrogen) atoms. The zero-order valence-electron chi connectivity index (χ0n) is 11.3. The van der Waals surface area contributed by atoms with E-state index in [1.807, 2.05) is 24.3 Å². The number of benzene rings is 2. The molecule has 1 unspecified atom stereocenters. The average molecular weight is 399 g/mol. The summed E-state index contributed by atoms with van der Waals surface area (Å²) in [5, 5.41) is 3.45. The molecule has 0 saturated heterocycles. The standard InChI is InChI=1S/C16H17Br2NO/c1-12(13-5-7-14(17)8-6-13)19-9-10-20-16-4-2-3-15(18)11-16/h2-8,11-12,19H,9-10H2,1H3. The van der Waals surface area contributed by atoms with Crippen molar-refractivity contribution in [2.75, 3.05) is 13.2 Å². The Morgan fingerprint density at radius 3 is 2.50 bits per heavy atom. The SMILES string of the molecule is CC(NCCOc1cccc(Br)c1)c1ccc(Br)cc1. The lowest BCUT2D eigenvalue weighted by atomic mass is 10.1. The van der Waals surface area contributed by atoms with Crippen LogP contribution in [0, 0.1) is 0 Å². The van der Waals surface area contributed by atoms with Crippen LogP contribution in [0.3, 0.4) is 0 Å². The molecule has 1 N–H and O–H groups in total. The maximum absolute atomic E-state index is 5.69. The summed E-state index contributed by atoms with van der Waals surface area (Å²) >= 11 is 6.88. The summed E-state index contributed by atoms with van der Waals surface area (Å²) in [6, 6.07) is 16.6. The van der Waals surface area contributed by atoms with Gasteiger partial charge in [-0.25, -0.2) is 0 Å². The third-order valence-electron chi connectivity index (χ3n) is 2.99. The van der Waals surface area contributed by atoms with E-state index >= 15 is 0 Å². The van der Waals surface area contributed by atoms with Gasteiger partial charge in [-0.2, -0.15) is 0 Å². The van der Waals surface area contributed by atoms with E-state index in [1.54, 1.807) is 0 Å². The molecule has 0 aliphatic carbocycles. The third kappa shape index (κ3) is 4.93. The van der Waals surface area contributed by atoms with Crippen molar-refractivity contribution in [2.24, 2.45) is 0 Å². The molecule has 0 bridgehead atoms. The highest BCUT2D eigenvalue weighted by Crippen LogP contribution is 2.18. The minimum Gasteiger partial charge on any atom is -0.492 e. The zero-order valence-corrected chi connectivity index (χ0v) is 14.4. The predicted molar refractivity (Wildman–Crippen MR) is 90.2 cm³/mol. The number of halogens is 2. The van der Waals surface area contributed by atoms with Gasteiger partial charge < -0.3 is 10.1 Å². The monoisotopic (exact) mass is 397 g/mol. The third-order valence-corrected chi connectivity index (χ3v) is 4.01. The van der Waals surface area contributed by atoms with Crippen LogP contribution >= 0.6 is 31.9 Å². The fourth-order valence-electron chi connectivity index (χ4n) is 1.87. The molecule has 106 valence electrons. The maximum atomic E-state index is 5.69. The molecule has 0 aromatic heterocycles. The van der Waals surface area contributed by atoms with Gasteiger partial charge in [0.15, 0.2) is 0 Å². The van der Waals surface area contributed by atoms with Gasteiger partial charge in [-0.1, -0.05) is 50.1 Å². The molecule has 0 aliphatic rings. The number of ether oxygens (including phenoxy) is 1. The second-order valence-corrected chi connectivity index (χ2v) is 6.36. The topological polar surface area (TPSA) is 21.3 Å². The van der Waals surface area contributed by atoms with Crippen LogP contribution in [0.2, 0.25) is 0 Å². The second kappa shape index (κ2) is 7.81. The molecule has 2 rings (SSSR count). The quantitative estimate of drug-likeness (QED) is 0.695. The van der Waals surface area contributed by atoms with E-state index in [2.05, 4.69) is 68.4 Å². The van der Waals surface area contributed by atoms with Crippen molar-refractivity contribution >= 4 is 31.9 Å². The van der Waals surface area contributed by atoms with Crippen LogP contribution in [0.1, 0.15) is 18.5 Å². The Morgan fingerprint density at radius 2 is 1.80 bits per heavy atom. The Balaban J connectivity index is 1.74. The van der Waals surface area contributed by atoms with Gasteiger partial charge in [0.1, 0.15) is 12.4 Å². The first kappa shape index (κ1) is 15.5. The normalized spacial score (nSPS) is 12.2. The summed E-state index contributed by atoms with van der Waals surface area (Å²) in [7, 11) is 0. The van der Waals surface area contributed by atoms with E-state index in [4.69, 9.17) is 4.74 Å². The Morgan fingerprint density at radius 1 is 1.05 bits per heavy atom. The smallest absolute Gasteiger partial charge is 0.120 e. The van der Waals surface area contributed by atoms with Crippen LogP contribution in [-0.2, 0) is 0 Å². The Hall–Kier alpha value is -0.840. The summed E-state index contributed by atoms with van der Waals surface area (Å²) in [5.41, 5.74) is 1.27. The molecule has 1 atom stereocenters. The van der Waals surface area contributed by atoms with Gasteiger partial charge in [-0.3, -0.25) is 0 Å². The number of rotatable bonds is 6. The zero-order chi connectivity index (χ0) is 14.4. The summed E-state index contributed by atoms with van der Waals surface area (Å²) in [4.78, 5) is 0. The van der Waals surface area contributed by atoms with Crippen molar-refractivity contribution in [3.63, 3.8) is 0 Å². The van der Waals surface area contributed by atoms with Gasteiger partial charge in [0, 0.05) is 21.5 Å². The summed E-state index contributed by atoms with van der Waals surface area (Å²) in [6.07, 6.45) is 0. The molecular weight excluding hydrogens is 382 g/mol. The molecule has 4 heteroatoms. The second-order valence-electron chi connectivity index (χ2n) is 4.53. The lowest BCUT2D eigenvalue weighted by Gasteiger charge is -2.15. The van der Waals surface area contributed by atoms with Crippen LogP contribution in [-0.4, -0.2) is 13.2 Å². The molecule has 0 radical (unpaired) electrons. The molecule has 0 amide bonds. The predicted octanol–water partition coefficient (Wildman–Crippen LogP) is 4.94. The first-order chi connectivity index (χ1) is 9.65. The van der Waals surface area contributed by atoms with Crippen molar-refractivity contribution in [1.82, 2.24) is 5.32 Å². The van der Waals surface area contributed by atoms with Crippen molar-refractivity contribution in [1.29, 1.82) is 0 Å². The summed E-state index contributed by atoms with van der Waals surface area (Å²) < 4.78 is 7.83. The molecule has 2 aromatic carbocycles. The van der Waals surface area contributed by atoms with E-state index in [9.17, 15) is 0 Å². The average Bonchev–Trinajstić information content (AvgIpc) is 2.44. The van der Waals surface area contributed by atoms with Crippen LogP contribution < -0.4 is 10.1 Å². The molecule has 0 aliphatic heterocycles. The van der Waals surface area contributed by atoms with E-state index < -0.39 is 0 Å². The highest BCUT2D eigenvalue weighted by Gasteiger charge is 2.04. The van der Waals surface area contributed by atoms with E-state index in [0.29, 0.717) is 12.6 Å². The fourth-order valence-corrected chi connectivity index (χ4v) is 2.51. The fraction of sp³-hybridized carbons (Fsp3) is 0.250. The van der Waals surface area contributed by atoms with Crippen LogP contribution in [0.25, 0.3) is 0 Å². The van der Waals surface area contributed by atoms with Gasteiger partial charge in [0.25, 0.3) is 0 Å². The van der Waals surface area contributed by atoms with Crippen molar-refractivity contribution in [3.05, 3.63) is 63.0 Å². The number of nitrogens with one attached hydrogen (secondary N) is 1. The Labute approximate surface area is 136 Å². The van der Waals surface area contributed by atoms with Gasteiger partial charge in [-0.05, 0) is 42.8 Å². The lowest BCUT2D eigenvalue weighted by Crippen LogP contribution is -2.24. The summed E-state index contributed by atoms with van der Waals surface area (Å²) in [6.45, 7) is 3.61. The molecule has 2 nitrogen and oxygen atoms in total.